The van der Waals surface area contributed by atoms with Gasteiger partial charge in [-0.3, -0.25) is 4.31 Å². The van der Waals surface area contributed by atoms with Crippen LogP contribution in [0.15, 0.2) is 53.4 Å². The minimum atomic E-state index is -6.07. The van der Waals surface area contributed by atoms with Gasteiger partial charge in [0.15, 0.2) is 5.82 Å². The lowest BCUT2D eigenvalue weighted by Crippen LogP contribution is -2.53. The van der Waals surface area contributed by atoms with Crippen LogP contribution in [0.2, 0.25) is 5.02 Å². The highest BCUT2D eigenvalue weighted by atomic mass is 35.5. The number of nitrogens with one attached hydrogen (secondary N) is 1. The SMILES string of the molecule is O=S(=O)(c1ccc(Cl)cc1)N(CCCCc1nn[nH]n1)c1ccc(C(O)(C(F)(F)F)C(F)(F)F)cc1. The summed E-state index contributed by atoms with van der Waals surface area (Å²) in [6, 6.07) is 7.38. The second-order valence-electron chi connectivity index (χ2n) is 7.57. The zero-order valence-corrected chi connectivity index (χ0v) is 19.6. The molecule has 0 aliphatic carbocycles. The standard InChI is InChI=1S/C20H18ClF6N5O3S/c21-14-6-10-16(11-7-14)36(34,35)32(12-2-1-3-17-28-30-31-29-17)15-8-4-13(5-9-15)18(33,19(22,23)24)20(25,26)27/h4-11,33H,1-3,12H2,(H,28,29,30,31). The van der Waals surface area contributed by atoms with Gasteiger partial charge >= 0.3 is 12.4 Å². The number of anilines is 1. The number of aryl methyl sites for hydroxylation is 1. The van der Waals surface area contributed by atoms with Gasteiger partial charge in [0, 0.05) is 23.6 Å². The minimum absolute atomic E-state index is 0.176. The van der Waals surface area contributed by atoms with E-state index in [-0.39, 0.29) is 28.6 Å². The topological polar surface area (TPSA) is 112 Å². The summed E-state index contributed by atoms with van der Waals surface area (Å²) in [4.78, 5) is -0.198. The van der Waals surface area contributed by atoms with E-state index in [0.717, 1.165) is 16.4 Å². The molecule has 0 amide bonds. The van der Waals surface area contributed by atoms with Gasteiger partial charge in [0.25, 0.3) is 15.6 Å². The van der Waals surface area contributed by atoms with Crippen molar-refractivity contribution in [3.05, 3.63) is 64.9 Å². The zero-order valence-electron chi connectivity index (χ0n) is 18.1. The molecule has 2 aromatic carbocycles. The maximum Gasteiger partial charge on any atom is 0.430 e. The van der Waals surface area contributed by atoms with E-state index < -0.39 is 33.5 Å². The molecule has 1 heterocycles. The molecule has 0 bridgehead atoms. The Balaban J connectivity index is 1.95. The largest absolute Gasteiger partial charge is 0.430 e. The number of benzene rings is 2. The number of alkyl halides is 6. The molecule has 2 N–H and O–H groups in total. The molecular formula is C20H18ClF6N5O3S. The molecule has 16 heteroatoms. The molecule has 8 nitrogen and oxygen atoms in total. The smallest absolute Gasteiger partial charge is 0.369 e. The highest BCUT2D eigenvalue weighted by Crippen LogP contribution is 2.50. The minimum Gasteiger partial charge on any atom is -0.369 e. The molecule has 196 valence electrons. The Bertz CT molecular complexity index is 1240. The predicted molar refractivity (Wildman–Crippen MR) is 116 cm³/mol. The highest BCUT2D eigenvalue weighted by Gasteiger charge is 2.71. The van der Waals surface area contributed by atoms with Crippen molar-refractivity contribution >= 4 is 27.3 Å². The molecular weight excluding hydrogens is 540 g/mol. The summed E-state index contributed by atoms with van der Waals surface area (Å²) in [5, 5.41) is 23.1. The second kappa shape index (κ2) is 10.2. The number of hydrogen-bond acceptors (Lipinski definition) is 6. The van der Waals surface area contributed by atoms with Crippen LogP contribution in [0.4, 0.5) is 32.0 Å². The number of H-pyrrole nitrogens is 1. The first-order valence-corrected chi connectivity index (χ1v) is 12.0. The van der Waals surface area contributed by atoms with Crippen molar-refractivity contribution in [2.45, 2.75) is 42.1 Å². The molecule has 3 aromatic rings. The van der Waals surface area contributed by atoms with Gasteiger partial charge in [-0.2, -0.15) is 31.6 Å². The summed E-state index contributed by atoms with van der Waals surface area (Å²) in [5.74, 6) is 0.380. The molecule has 0 spiro atoms. The number of rotatable bonds is 9. The molecule has 0 fully saturated rings. The molecule has 0 saturated carbocycles. The molecule has 0 saturated heterocycles. The summed E-state index contributed by atoms with van der Waals surface area (Å²) in [7, 11) is -4.29. The number of aromatic nitrogens is 4. The Morgan fingerprint density at radius 2 is 1.50 bits per heavy atom. The fourth-order valence-corrected chi connectivity index (χ4v) is 4.93. The van der Waals surface area contributed by atoms with Crippen LogP contribution in [-0.2, 0) is 22.0 Å². The molecule has 3 rings (SSSR count). The van der Waals surface area contributed by atoms with Gasteiger partial charge in [0.1, 0.15) is 0 Å². The molecule has 1 aromatic heterocycles. The van der Waals surface area contributed by atoms with E-state index in [0.29, 0.717) is 30.8 Å². The first-order chi connectivity index (χ1) is 16.7. The number of nitrogens with zero attached hydrogens (tertiary/aromatic N) is 4. The summed E-state index contributed by atoms with van der Waals surface area (Å²) >= 11 is 5.81. The van der Waals surface area contributed by atoms with Gasteiger partial charge in [0.05, 0.1) is 10.6 Å². The van der Waals surface area contributed by atoms with Crippen LogP contribution >= 0.6 is 11.6 Å². The Kier molecular flexibility index (Phi) is 7.86. The van der Waals surface area contributed by atoms with E-state index in [1.807, 2.05) is 0 Å². The third-order valence-electron chi connectivity index (χ3n) is 5.20. The fourth-order valence-electron chi connectivity index (χ4n) is 3.31. The first-order valence-electron chi connectivity index (χ1n) is 10.1. The van der Waals surface area contributed by atoms with Crippen LogP contribution < -0.4 is 4.31 Å². The van der Waals surface area contributed by atoms with E-state index >= 15 is 0 Å². The lowest BCUT2D eigenvalue weighted by Gasteiger charge is -2.33. The normalized spacial score (nSPS) is 13.1. The maximum absolute atomic E-state index is 13.3. The summed E-state index contributed by atoms with van der Waals surface area (Å²) < 4.78 is 107. The highest BCUT2D eigenvalue weighted by molar-refractivity contribution is 7.92. The van der Waals surface area contributed by atoms with Gasteiger partial charge in [-0.15, -0.1) is 10.2 Å². The average Bonchev–Trinajstić information content (AvgIpc) is 3.31. The summed E-state index contributed by atoms with van der Waals surface area (Å²) in [5.41, 5.74) is -6.85. The monoisotopic (exact) mass is 557 g/mol. The Hall–Kier alpha value is -2.91. The molecule has 0 radical (unpaired) electrons. The van der Waals surface area contributed by atoms with Crippen molar-refractivity contribution in [1.29, 1.82) is 0 Å². The van der Waals surface area contributed by atoms with Crippen molar-refractivity contribution in [2.75, 3.05) is 10.8 Å². The van der Waals surface area contributed by atoms with Gasteiger partial charge in [0.2, 0.25) is 0 Å². The molecule has 36 heavy (non-hydrogen) atoms. The lowest BCUT2D eigenvalue weighted by molar-refractivity contribution is -0.376. The van der Waals surface area contributed by atoms with Crippen LogP contribution in [0.25, 0.3) is 0 Å². The maximum atomic E-state index is 13.3. The second-order valence-corrected chi connectivity index (χ2v) is 9.87. The van der Waals surface area contributed by atoms with Gasteiger partial charge in [-0.1, -0.05) is 28.9 Å². The van der Waals surface area contributed by atoms with E-state index in [2.05, 4.69) is 20.6 Å². The van der Waals surface area contributed by atoms with Crippen molar-refractivity contribution in [2.24, 2.45) is 0 Å². The lowest BCUT2D eigenvalue weighted by atomic mass is 9.92. The Morgan fingerprint density at radius 1 is 0.917 bits per heavy atom. The van der Waals surface area contributed by atoms with E-state index in [1.54, 1.807) is 0 Å². The van der Waals surface area contributed by atoms with E-state index in [9.17, 15) is 39.9 Å². The molecule has 0 aliphatic rings. The van der Waals surface area contributed by atoms with Crippen LogP contribution in [0.5, 0.6) is 0 Å². The molecule has 0 aliphatic heterocycles. The Labute approximate surface area is 205 Å². The van der Waals surface area contributed by atoms with E-state index in [1.165, 1.54) is 24.3 Å². The van der Waals surface area contributed by atoms with Crippen LogP contribution in [-0.4, -0.2) is 53.0 Å². The van der Waals surface area contributed by atoms with Crippen LogP contribution in [0.3, 0.4) is 0 Å². The average molecular weight is 558 g/mol. The Morgan fingerprint density at radius 3 is 2.00 bits per heavy atom. The quantitative estimate of drug-likeness (QED) is 0.298. The van der Waals surface area contributed by atoms with Gasteiger partial charge < -0.3 is 5.11 Å². The van der Waals surface area contributed by atoms with Crippen molar-refractivity contribution in [1.82, 2.24) is 20.6 Å². The number of aliphatic hydroxyl groups is 1. The number of unbranched alkanes of at least 4 members (excludes halogenated alkanes) is 1. The van der Waals surface area contributed by atoms with Crippen molar-refractivity contribution < 1.29 is 39.9 Å². The van der Waals surface area contributed by atoms with Gasteiger partial charge in [-0.05, 0) is 49.2 Å². The number of tetrazole rings is 1. The number of sulfonamides is 1. The third-order valence-corrected chi connectivity index (χ3v) is 7.29. The van der Waals surface area contributed by atoms with Crippen LogP contribution in [0, 0.1) is 0 Å². The molecule has 0 unspecified atom stereocenters. The first kappa shape index (κ1) is 27.7. The third kappa shape index (κ3) is 5.57. The fraction of sp³-hybridized carbons (Fsp3) is 0.350. The van der Waals surface area contributed by atoms with Gasteiger partial charge in [-0.25, -0.2) is 8.42 Å². The van der Waals surface area contributed by atoms with Crippen molar-refractivity contribution in [3.63, 3.8) is 0 Å². The number of halogens is 7. The van der Waals surface area contributed by atoms with Crippen LogP contribution in [0.1, 0.15) is 24.2 Å². The zero-order chi connectivity index (χ0) is 26.8. The molecule has 0 atom stereocenters. The summed E-state index contributed by atoms with van der Waals surface area (Å²) in [6.45, 7) is -0.176. The van der Waals surface area contributed by atoms with E-state index in [4.69, 9.17) is 11.6 Å². The predicted octanol–water partition coefficient (Wildman–Crippen LogP) is 4.38. The number of hydrogen-bond donors (Lipinski definition) is 2. The van der Waals surface area contributed by atoms with Crippen molar-refractivity contribution in [3.8, 4) is 0 Å². The number of aromatic amines is 1. The summed E-state index contributed by atoms with van der Waals surface area (Å²) in [6.07, 6.45) is -11.2.